The summed E-state index contributed by atoms with van der Waals surface area (Å²) >= 11 is 0. The van der Waals surface area contributed by atoms with E-state index in [2.05, 4.69) is 37.1 Å². The van der Waals surface area contributed by atoms with Crippen LogP contribution in [0.15, 0.2) is 18.2 Å². The molecule has 0 saturated carbocycles. The third-order valence-electron chi connectivity index (χ3n) is 3.11. The summed E-state index contributed by atoms with van der Waals surface area (Å²) in [7, 11) is 0. The highest BCUT2D eigenvalue weighted by Crippen LogP contribution is 2.19. The number of benzene rings is 1. The molecule has 0 amide bonds. The van der Waals surface area contributed by atoms with Crippen molar-refractivity contribution in [2.75, 3.05) is 37.2 Å². The quantitative estimate of drug-likeness (QED) is 0.714. The molecule has 0 aliphatic heterocycles. The Hall–Kier alpha value is -1.22. The molecule has 3 nitrogen and oxygen atoms in total. The molecule has 1 aromatic rings. The van der Waals surface area contributed by atoms with Gasteiger partial charge in [-0.05, 0) is 44.1 Å². The highest BCUT2D eigenvalue weighted by molar-refractivity contribution is 5.62. The van der Waals surface area contributed by atoms with E-state index in [0.29, 0.717) is 0 Å². The zero-order chi connectivity index (χ0) is 12.7. The number of anilines is 2. The van der Waals surface area contributed by atoms with Crippen LogP contribution >= 0.6 is 0 Å². The molecule has 1 aromatic carbocycles. The molecule has 0 spiro atoms. The number of hydrogen-bond donors (Lipinski definition) is 2. The summed E-state index contributed by atoms with van der Waals surface area (Å²) in [4.78, 5) is 2.45. The Morgan fingerprint density at radius 1 is 1.24 bits per heavy atom. The third kappa shape index (κ3) is 4.27. The van der Waals surface area contributed by atoms with E-state index in [4.69, 9.17) is 5.73 Å². The zero-order valence-corrected chi connectivity index (χ0v) is 11.3. The van der Waals surface area contributed by atoms with Crippen molar-refractivity contribution < 1.29 is 0 Å². The van der Waals surface area contributed by atoms with Crippen LogP contribution in [-0.4, -0.2) is 31.1 Å². The van der Waals surface area contributed by atoms with Crippen LogP contribution in [0.2, 0.25) is 0 Å². The fraction of sp³-hybridized carbons (Fsp3) is 0.571. The lowest BCUT2D eigenvalue weighted by Crippen LogP contribution is -2.29. The van der Waals surface area contributed by atoms with Crippen LogP contribution in [0.25, 0.3) is 0 Å². The lowest BCUT2D eigenvalue weighted by molar-refractivity contribution is 0.300. The molecule has 0 atom stereocenters. The Balaban J connectivity index is 2.42. The number of likely N-dealkylation sites (N-methyl/N-ethyl adjacent to an activating group) is 1. The van der Waals surface area contributed by atoms with Gasteiger partial charge in [0.25, 0.3) is 0 Å². The monoisotopic (exact) mass is 235 g/mol. The highest BCUT2D eigenvalue weighted by Gasteiger charge is 2.02. The van der Waals surface area contributed by atoms with E-state index in [9.17, 15) is 0 Å². The van der Waals surface area contributed by atoms with Gasteiger partial charge in [-0.2, -0.15) is 0 Å². The van der Waals surface area contributed by atoms with Crippen molar-refractivity contribution in [3.05, 3.63) is 23.8 Å². The molecule has 96 valence electrons. The third-order valence-corrected chi connectivity index (χ3v) is 3.11. The number of nitrogens with two attached hydrogens (primary N) is 1. The van der Waals surface area contributed by atoms with Crippen molar-refractivity contribution in [1.29, 1.82) is 0 Å². The van der Waals surface area contributed by atoms with Gasteiger partial charge in [-0.1, -0.05) is 19.9 Å². The van der Waals surface area contributed by atoms with Gasteiger partial charge in [-0.25, -0.2) is 0 Å². The molecule has 0 aliphatic rings. The van der Waals surface area contributed by atoms with E-state index in [1.807, 2.05) is 12.1 Å². The Morgan fingerprint density at radius 3 is 2.65 bits per heavy atom. The molecule has 0 radical (unpaired) electrons. The van der Waals surface area contributed by atoms with Gasteiger partial charge in [0.05, 0.1) is 0 Å². The Bertz CT molecular complexity index is 336. The van der Waals surface area contributed by atoms with Crippen LogP contribution < -0.4 is 11.1 Å². The minimum Gasteiger partial charge on any atom is -0.398 e. The maximum absolute atomic E-state index is 5.88. The predicted octanol–water partition coefficient (Wildman–Crippen LogP) is 2.72. The van der Waals surface area contributed by atoms with Crippen molar-refractivity contribution in [2.45, 2.75) is 27.2 Å². The topological polar surface area (TPSA) is 41.3 Å². The fourth-order valence-corrected chi connectivity index (χ4v) is 1.94. The average molecular weight is 235 g/mol. The van der Waals surface area contributed by atoms with Gasteiger partial charge in [0.15, 0.2) is 0 Å². The first kappa shape index (κ1) is 13.8. The first-order chi connectivity index (χ1) is 8.19. The minimum absolute atomic E-state index is 0.857. The van der Waals surface area contributed by atoms with E-state index in [1.165, 1.54) is 13.0 Å². The summed E-state index contributed by atoms with van der Waals surface area (Å²) in [6, 6.07) is 6.02. The molecule has 0 unspecified atom stereocenters. The lowest BCUT2D eigenvalue weighted by Gasteiger charge is -2.20. The molecule has 0 bridgehead atoms. The number of nitrogens with zero attached hydrogens (tertiary/aromatic N) is 1. The SMILES string of the molecule is CCCN(CC)CCNc1cccc(N)c1C. The van der Waals surface area contributed by atoms with Crippen molar-refractivity contribution >= 4 is 11.4 Å². The Labute approximate surface area is 105 Å². The minimum atomic E-state index is 0.857. The number of rotatable bonds is 7. The maximum Gasteiger partial charge on any atom is 0.0391 e. The number of nitrogens with one attached hydrogen (secondary N) is 1. The van der Waals surface area contributed by atoms with E-state index in [1.54, 1.807) is 0 Å². The molecule has 3 N–H and O–H groups in total. The molecule has 1 rings (SSSR count). The Kier molecular flexibility index (Phi) is 5.84. The van der Waals surface area contributed by atoms with E-state index < -0.39 is 0 Å². The van der Waals surface area contributed by atoms with Crippen LogP contribution in [0.4, 0.5) is 11.4 Å². The smallest absolute Gasteiger partial charge is 0.0391 e. The first-order valence-corrected chi connectivity index (χ1v) is 6.50. The summed E-state index contributed by atoms with van der Waals surface area (Å²) in [5, 5.41) is 3.46. The van der Waals surface area contributed by atoms with Crippen LogP contribution in [-0.2, 0) is 0 Å². The summed E-state index contributed by atoms with van der Waals surface area (Å²) in [5.41, 5.74) is 9.03. The molecular formula is C14H25N3. The van der Waals surface area contributed by atoms with Crippen molar-refractivity contribution in [2.24, 2.45) is 0 Å². The van der Waals surface area contributed by atoms with Crippen molar-refractivity contribution in [3.63, 3.8) is 0 Å². The van der Waals surface area contributed by atoms with Gasteiger partial charge < -0.3 is 16.0 Å². The Morgan fingerprint density at radius 2 is 2.00 bits per heavy atom. The molecule has 3 heteroatoms. The normalized spacial score (nSPS) is 10.8. The molecule has 0 heterocycles. The molecule has 0 aromatic heterocycles. The highest BCUT2D eigenvalue weighted by atomic mass is 15.1. The average Bonchev–Trinajstić information content (AvgIpc) is 2.33. The number of hydrogen-bond acceptors (Lipinski definition) is 3. The summed E-state index contributed by atoms with van der Waals surface area (Å²) in [6.07, 6.45) is 1.21. The molecular weight excluding hydrogens is 210 g/mol. The summed E-state index contributed by atoms with van der Waals surface area (Å²) in [6.45, 7) is 10.8. The van der Waals surface area contributed by atoms with Gasteiger partial charge in [0, 0.05) is 24.5 Å². The zero-order valence-electron chi connectivity index (χ0n) is 11.3. The van der Waals surface area contributed by atoms with Crippen LogP contribution in [0, 0.1) is 6.92 Å². The van der Waals surface area contributed by atoms with Crippen molar-refractivity contribution in [1.82, 2.24) is 4.90 Å². The standard InChI is InChI=1S/C14H25N3/c1-4-10-17(5-2)11-9-16-14-8-6-7-13(15)12(14)3/h6-8,16H,4-5,9-11,15H2,1-3H3. The van der Waals surface area contributed by atoms with Gasteiger partial charge >= 0.3 is 0 Å². The molecule has 0 aliphatic carbocycles. The van der Waals surface area contributed by atoms with Gasteiger partial charge in [-0.3, -0.25) is 0 Å². The number of nitrogen functional groups attached to an aromatic ring is 1. The van der Waals surface area contributed by atoms with E-state index in [0.717, 1.165) is 36.6 Å². The maximum atomic E-state index is 5.88. The second-order valence-electron chi connectivity index (χ2n) is 4.38. The first-order valence-electron chi connectivity index (χ1n) is 6.50. The predicted molar refractivity (Wildman–Crippen MR) is 76.5 cm³/mol. The van der Waals surface area contributed by atoms with Crippen LogP contribution in [0.3, 0.4) is 0 Å². The van der Waals surface area contributed by atoms with E-state index >= 15 is 0 Å². The second-order valence-corrected chi connectivity index (χ2v) is 4.38. The molecule has 0 fully saturated rings. The van der Waals surface area contributed by atoms with Gasteiger partial charge in [-0.15, -0.1) is 0 Å². The van der Waals surface area contributed by atoms with E-state index in [-0.39, 0.29) is 0 Å². The fourth-order valence-electron chi connectivity index (χ4n) is 1.94. The largest absolute Gasteiger partial charge is 0.398 e. The van der Waals surface area contributed by atoms with Gasteiger partial charge in [0.1, 0.15) is 0 Å². The van der Waals surface area contributed by atoms with Gasteiger partial charge in [0.2, 0.25) is 0 Å². The second kappa shape index (κ2) is 7.17. The van der Waals surface area contributed by atoms with Crippen LogP contribution in [0.1, 0.15) is 25.8 Å². The molecule has 17 heavy (non-hydrogen) atoms. The van der Waals surface area contributed by atoms with Crippen LogP contribution in [0.5, 0.6) is 0 Å². The summed E-state index contributed by atoms with van der Waals surface area (Å²) < 4.78 is 0. The lowest BCUT2D eigenvalue weighted by atomic mass is 10.1. The summed E-state index contributed by atoms with van der Waals surface area (Å²) in [5.74, 6) is 0. The molecule has 0 saturated heterocycles. The van der Waals surface area contributed by atoms with Crippen molar-refractivity contribution in [3.8, 4) is 0 Å².